The predicted molar refractivity (Wildman–Crippen MR) is 90.0 cm³/mol. The average Bonchev–Trinajstić information content (AvgIpc) is 2.91. The van der Waals surface area contributed by atoms with Gasteiger partial charge >= 0.3 is 0 Å². The molecule has 0 aliphatic rings. The molecule has 0 saturated heterocycles. The van der Waals surface area contributed by atoms with Gasteiger partial charge in [0.15, 0.2) is 5.69 Å². The van der Waals surface area contributed by atoms with E-state index in [4.69, 9.17) is 5.26 Å². The summed E-state index contributed by atoms with van der Waals surface area (Å²) in [7, 11) is 0. The van der Waals surface area contributed by atoms with Crippen molar-refractivity contribution in [2.45, 2.75) is 12.8 Å². The normalized spacial score (nSPS) is 10.4. The third-order valence-corrected chi connectivity index (χ3v) is 3.97. The second kappa shape index (κ2) is 6.84. The lowest BCUT2D eigenvalue weighted by Crippen LogP contribution is -2.40. The minimum Gasteiger partial charge on any atom is -0.593 e. The molecule has 0 spiro atoms. The Morgan fingerprint density at radius 1 is 1.12 bits per heavy atom. The summed E-state index contributed by atoms with van der Waals surface area (Å²) in [4.78, 5) is 12.0. The molecular formula is C18H14N4O3. The Hall–Kier alpha value is -3.66. The van der Waals surface area contributed by atoms with E-state index in [1.807, 2.05) is 36.4 Å². The Morgan fingerprint density at radius 3 is 2.40 bits per heavy atom. The number of aryl methyl sites for hydroxylation is 1. The first kappa shape index (κ1) is 16.2. The Bertz CT molecular complexity index is 941. The number of nitrogens with zero attached hydrogens (tertiary/aromatic N) is 4. The molecule has 7 heteroatoms. The highest BCUT2D eigenvalue weighted by molar-refractivity contribution is 5.73. The van der Waals surface area contributed by atoms with Crippen molar-refractivity contribution >= 4 is 5.69 Å². The van der Waals surface area contributed by atoms with E-state index in [2.05, 4.69) is 5.18 Å². The summed E-state index contributed by atoms with van der Waals surface area (Å²) in [6.07, 6.45) is 0.786. The van der Waals surface area contributed by atoms with Crippen molar-refractivity contribution in [2.24, 2.45) is 5.18 Å². The van der Waals surface area contributed by atoms with Crippen LogP contribution in [0.2, 0.25) is 0 Å². The van der Waals surface area contributed by atoms with E-state index in [0.29, 0.717) is 22.4 Å². The largest absolute Gasteiger partial charge is 0.593 e. The molecule has 2 aromatic carbocycles. The van der Waals surface area contributed by atoms with Gasteiger partial charge in [0.25, 0.3) is 5.69 Å². The molecule has 25 heavy (non-hydrogen) atoms. The molecule has 0 atom stereocenters. The van der Waals surface area contributed by atoms with E-state index < -0.39 is 0 Å². The maximum atomic E-state index is 12.3. The Kier molecular flexibility index (Phi) is 4.44. The molecule has 3 rings (SSSR count). The molecule has 3 aromatic rings. The zero-order chi connectivity index (χ0) is 17.8. The first-order valence-electron chi connectivity index (χ1n) is 7.60. The van der Waals surface area contributed by atoms with Crippen molar-refractivity contribution in [1.82, 2.24) is 4.85 Å². The van der Waals surface area contributed by atoms with Gasteiger partial charge in [-0.25, -0.2) is 0 Å². The number of rotatable bonds is 5. The van der Waals surface area contributed by atoms with E-state index in [-0.39, 0.29) is 28.3 Å². The number of benzene rings is 2. The third kappa shape index (κ3) is 3.05. The summed E-state index contributed by atoms with van der Waals surface area (Å²) >= 11 is 0. The molecule has 0 amide bonds. The van der Waals surface area contributed by atoms with Gasteiger partial charge in [-0.3, -0.25) is 0 Å². The molecule has 1 heterocycles. The second-order valence-corrected chi connectivity index (χ2v) is 5.47. The average molecular weight is 334 g/mol. The SMILES string of the molecule is N#Cc1ccc(-c2c(N=O)c(CCc3ccccc3)[n+]([O-])n2O)cc1. The van der Waals surface area contributed by atoms with E-state index >= 15 is 0 Å². The van der Waals surface area contributed by atoms with Crippen molar-refractivity contribution in [3.8, 4) is 17.3 Å². The van der Waals surface area contributed by atoms with Crippen LogP contribution in [-0.4, -0.2) is 10.1 Å². The van der Waals surface area contributed by atoms with Gasteiger partial charge in [-0.1, -0.05) is 42.5 Å². The monoisotopic (exact) mass is 334 g/mol. The molecule has 0 fully saturated rings. The highest BCUT2D eigenvalue weighted by atomic mass is 16.6. The maximum absolute atomic E-state index is 12.3. The van der Waals surface area contributed by atoms with Crippen LogP contribution in [0.3, 0.4) is 0 Å². The topological polar surface area (TPSA) is 105 Å². The van der Waals surface area contributed by atoms with E-state index in [0.717, 1.165) is 5.56 Å². The fourth-order valence-electron chi connectivity index (χ4n) is 2.70. The van der Waals surface area contributed by atoms with E-state index in [1.165, 1.54) is 12.1 Å². The van der Waals surface area contributed by atoms with Crippen molar-refractivity contribution in [2.75, 3.05) is 0 Å². The molecule has 1 aromatic heterocycles. The van der Waals surface area contributed by atoms with Crippen LogP contribution in [0.15, 0.2) is 59.8 Å². The van der Waals surface area contributed by atoms with Crippen LogP contribution in [-0.2, 0) is 12.8 Å². The molecule has 0 unspecified atom stereocenters. The van der Waals surface area contributed by atoms with E-state index in [1.54, 1.807) is 12.1 Å². The molecule has 1 N–H and O–H groups in total. The quantitative estimate of drug-likeness (QED) is 0.335. The first-order valence-corrected chi connectivity index (χ1v) is 7.60. The lowest BCUT2D eigenvalue weighted by Gasteiger charge is -2.01. The fourth-order valence-corrected chi connectivity index (χ4v) is 2.70. The van der Waals surface area contributed by atoms with Crippen molar-refractivity contribution in [3.05, 3.63) is 81.5 Å². The first-order chi connectivity index (χ1) is 12.2. The molecule has 124 valence electrons. The molecule has 0 saturated carbocycles. The smallest absolute Gasteiger partial charge is 0.254 e. The molecule has 0 aliphatic carbocycles. The van der Waals surface area contributed by atoms with E-state index in [9.17, 15) is 15.3 Å². The van der Waals surface area contributed by atoms with Gasteiger partial charge in [-0.15, -0.1) is 4.91 Å². The number of hydrogen-bond donors (Lipinski definition) is 1. The summed E-state index contributed by atoms with van der Waals surface area (Å²) in [6, 6.07) is 17.7. The Labute approximate surface area is 143 Å². The zero-order valence-electron chi connectivity index (χ0n) is 13.2. The van der Waals surface area contributed by atoms with Crippen LogP contribution in [0.1, 0.15) is 16.8 Å². The summed E-state index contributed by atoms with van der Waals surface area (Å²) in [5, 5.41) is 34.2. The van der Waals surface area contributed by atoms with Gasteiger partial charge in [0.2, 0.25) is 5.69 Å². The van der Waals surface area contributed by atoms with Gasteiger partial charge in [0, 0.05) is 16.8 Å². The number of aromatic nitrogens is 2. The molecule has 0 aliphatic heterocycles. The minimum atomic E-state index is -0.0989. The zero-order valence-corrected chi connectivity index (χ0v) is 13.2. The predicted octanol–water partition coefficient (Wildman–Crippen LogP) is 3.08. The van der Waals surface area contributed by atoms with Gasteiger partial charge in [0.1, 0.15) is 0 Å². The van der Waals surface area contributed by atoms with Crippen LogP contribution in [0, 0.1) is 21.4 Å². The second-order valence-electron chi connectivity index (χ2n) is 5.47. The van der Waals surface area contributed by atoms with Crippen molar-refractivity contribution in [3.63, 3.8) is 0 Å². The van der Waals surface area contributed by atoms with Gasteiger partial charge in [-0.2, -0.15) is 5.26 Å². The fraction of sp³-hybridized carbons (Fsp3) is 0.111. The minimum absolute atomic E-state index is 0.0116. The number of nitriles is 1. The van der Waals surface area contributed by atoms with Crippen molar-refractivity contribution in [1.29, 1.82) is 5.26 Å². The standard InChI is InChI=1S/C18H14N4O3/c19-12-14-6-9-15(10-7-14)18-17(20-23)16(21(24)22(18)25)11-8-13-4-2-1-3-5-13/h1-7,9-10,25H,8,11H2. The van der Waals surface area contributed by atoms with Crippen LogP contribution < -0.4 is 4.85 Å². The summed E-state index contributed by atoms with van der Waals surface area (Å²) in [5.74, 6) is 0. The van der Waals surface area contributed by atoms with Crippen molar-refractivity contribution < 1.29 is 10.1 Å². The lowest BCUT2D eigenvalue weighted by atomic mass is 10.0. The lowest BCUT2D eigenvalue weighted by molar-refractivity contribution is -0.730. The molecule has 0 radical (unpaired) electrons. The molecular weight excluding hydrogens is 320 g/mol. The van der Waals surface area contributed by atoms with Crippen LogP contribution in [0.25, 0.3) is 11.3 Å². The highest BCUT2D eigenvalue weighted by Crippen LogP contribution is 2.32. The number of hydrogen-bond acceptors (Lipinski definition) is 5. The number of nitroso groups, excluding NO2 is 1. The van der Waals surface area contributed by atoms with Gasteiger partial charge in [0.05, 0.1) is 11.6 Å². The van der Waals surface area contributed by atoms with Gasteiger partial charge < -0.3 is 10.4 Å². The van der Waals surface area contributed by atoms with Gasteiger partial charge in [-0.05, 0) is 34.1 Å². The highest BCUT2D eigenvalue weighted by Gasteiger charge is 2.29. The maximum Gasteiger partial charge on any atom is 0.254 e. The van der Waals surface area contributed by atoms with Crippen LogP contribution >= 0.6 is 0 Å². The Morgan fingerprint density at radius 2 is 1.80 bits per heavy atom. The van der Waals surface area contributed by atoms with Crippen LogP contribution in [0.4, 0.5) is 5.69 Å². The summed E-state index contributed by atoms with van der Waals surface area (Å²) in [6.45, 7) is 0. The summed E-state index contributed by atoms with van der Waals surface area (Å²) in [5.41, 5.74) is 1.87. The van der Waals surface area contributed by atoms with Crippen LogP contribution in [0.5, 0.6) is 0 Å². The summed E-state index contributed by atoms with van der Waals surface area (Å²) < 4.78 is 0. The molecule has 7 nitrogen and oxygen atoms in total. The third-order valence-electron chi connectivity index (χ3n) is 3.97. The molecule has 0 bridgehead atoms. The Balaban J connectivity index is 1.99.